The molecule has 2 atom stereocenters. The van der Waals surface area contributed by atoms with E-state index in [1.54, 1.807) is 14.2 Å². The highest BCUT2D eigenvalue weighted by Crippen LogP contribution is 2.29. The number of halogens is 2. The van der Waals surface area contributed by atoms with Crippen LogP contribution in [0.4, 0.5) is 0 Å². The quantitative estimate of drug-likeness (QED) is 0.0924. The Kier molecular flexibility index (Phi) is 24.6. The third-order valence-corrected chi connectivity index (χ3v) is 13.4. The summed E-state index contributed by atoms with van der Waals surface area (Å²) in [5.74, 6) is 4.19. The molecule has 2 aromatic carbocycles. The van der Waals surface area contributed by atoms with E-state index in [0.717, 1.165) is 162 Å². The van der Waals surface area contributed by atoms with Crippen LogP contribution in [0.5, 0.6) is 11.5 Å². The molecule has 0 aliphatic carbocycles. The average Bonchev–Trinajstić information content (AvgIpc) is 3.21. The van der Waals surface area contributed by atoms with E-state index in [-0.39, 0.29) is 48.0 Å². The van der Waals surface area contributed by atoms with E-state index in [1.807, 2.05) is 12.1 Å². The fourth-order valence-electron chi connectivity index (χ4n) is 9.03. The Morgan fingerprint density at radius 3 is 1.30 bits per heavy atom. The van der Waals surface area contributed by atoms with E-state index >= 15 is 0 Å². The molecule has 0 spiro atoms. The Morgan fingerprint density at radius 2 is 0.947 bits per heavy atom. The zero-order valence-electron chi connectivity index (χ0n) is 36.6. The largest absolute Gasteiger partial charge is 1.00 e. The zero-order chi connectivity index (χ0) is 39.5. The summed E-state index contributed by atoms with van der Waals surface area (Å²) in [5, 5.41) is 0. The summed E-state index contributed by atoms with van der Waals surface area (Å²) >= 11 is 0. The van der Waals surface area contributed by atoms with Gasteiger partial charge < -0.3 is 76.2 Å². The number of benzene rings is 2. The minimum Gasteiger partial charge on any atom is -1.00 e. The second kappa shape index (κ2) is 27.3. The molecule has 8 nitrogen and oxygen atoms in total. The number of nitrogens with zero attached hydrogens (tertiary/aromatic N) is 4. The smallest absolute Gasteiger partial charge is 0.222 e. The van der Waals surface area contributed by atoms with E-state index in [2.05, 4.69) is 74.1 Å². The second-order valence-electron chi connectivity index (χ2n) is 17.5. The third kappa shape index (κ3) is 17.5. The van der Waals surface area contributed by atoms with Gasteiger partial charge in [0.1, 0.15) is 24.6 Å². The third-order valence-electron chi connectivity index (χ3n) is 13.4. The molecule has 4 rings (SSSR count). The highest BCUT2D eigenvalue weighted by molar-refractivity contribution is 5.76. The number of carbonyl (C=O) groups excluding carboxylic acids is 2. The summed E-state index contributed by atoms with van der Waals surface area (Å²) in [7, 11) is 8.18. The number of hydrogen-bond acceptors (Lipinski definition) is 4. The molecule has 0 N–H and O–H groups in total. The van der Waals surface area contributed by atoms with Crippen LogP contribution in [0.25, 0.3) is 0 Å². The number of amides is 2. The molecule has 0 radical (unpaired) electrons. The highest BCUT2D eigenvalue weighted by atomic mass is 127. The Hall–Kier alpha value is -1.64. The lowest BCUT2D eigenvalue weighted by atomic mass is 9.86. The molecule has 10 heteroatoms. The van der Waals surface area contributed by atoms with E-state index in [1.165, 1.54) is 30.4 Å². The second-order valence-corrected chi connectivity index (χ2v) is 17.5. The van der Waals surface area contributed by atoms with Gasteiger partial charge in [-0.3, -0.25) is 9.59 Å². The van der Waals surface area contributed by atoms with Gasteiger partial charge in [0.2, 0.25) is 11.8 Å². The van der Waals surface area contributed by atoms with Crippen LogP contribution in [0.15, 0.2) is 48.5 Å². The van der Waals surface area contributed by atoms with Gasteiger partial charge in [-0.15, -0.1) is 0 Å². The Balaban J connectivity index is 0.00000561. The fraction of sp³-hybridized carbons (Fsp3) is 0.702. The normalized spacial score (nSPS) is 17.2. The van der Waals surface area contributed by atoms with Gasteiger partial charge in [0.05, 0.1) is 54.5 Å². The van der Waals surface area contributed by atoms with Crippen molar-refractivity contribution in [3.8, 4) is 11.5 Å². The fourth-order valence-corrected chi connectivity index (χ4v) is 9.03. The molecule has 2 saturated heterocycles. The van der Waals surface area contributed by atoms with E-state index in [0.29, 0.717) is 24.7 Å². The minimum absolute atomic E-state index is 0. The number of piperidine rings is 2. The Labute approximate surface area is 382 Å². The SMILES string of the molecule is CC[N+](C)(CCCCCC(=O)N1CCC(CCCC2CCN(C(=O)CCCCC[N+](C)(CC)Cc3ccccc3OC)CC2)CC1)Cc1ccccc1OC.[I-].[I-]. The number of para-hydroxylation sites is 2. The molecule has 2 unspecified atom stereocenters. The molecule has 57 heavy (non-hydrogen) atoms. The number of methoxy groups -OCH3 is 2. The number of carbonyl (C=O) groups is 2. The monoisotopic (exact) mass is 1020 g/mol. The van der Waals surface area contributed by atoms with Crippen molar-refractivity contribution in [2.24, 2.45) is 11.8 Å². The number of rotatable bonds is 24. The lowest BCUT2D eigenvalue weighted by Crippen LogP contribution is -3.00. The van der Waals surface area contributed by atoms with Crippen molar-refractivity contribution in [3.63, 3.8) is 0 Å². The number of unbranched alkanes of at least 4 members (excludes halogenated alkanes) is 4. The number of hydrogen-bond donors (Lipinski definition) is 0. The Morgan fingerprint density at radius 1 is 0.579 bits per heavy atom. The molecule has 0 bridgehead atoms. The van der Waals surface area contributed by atoms with Gasteiger partial charge >= 0.3 is 0 Å². The number of likely N-dealkylation sites (tertiary alicyclic amines) is 2. The van der Waals surface area contributed by atoms with E-state index in [9.17, 15) is 9.59 Å². The van der Waals surface area contributed by atoms with E-state index < -0.39 is 0 Å². The summed E-state index contributed by atoms with van der Waals surface area (Å²) < 4.78 is 13.2. The summed E-state index contributed by atoms with van der Waals surface area (Å²) in [4.78, 5) is 30.3. The number of quaternary nitrogens is 2. The van der Waals surface area contributed by atoms with Gasteiger partial charge in [0.15, 0.2) is 0 Å². The van der Waals surface area contributed by atoms with Crippen molar-refractivity contribution >= 4 is 11.8 Å². The van der Waals surface area contributed by atoms with Crippen molar-refractivity contribution in [1.29, 1.82) is 0 Å². The first kappa shape index (κ1) is 51.5. The first-order chi connectivity index (χ1) is 26.6. The van der Waals surface area contributed by atoms with Gasteiger partial charge in [-0.2, -0.15) is 0 Å². The molecule has 2 fully saturated rings. The minimum atomic E-state index is 0. The molecular formula is C47H78I2N4O4. The molecule has 2 amide bonds. The van der Waals surface area contributed by atoms with Crippen molar-refractivity contribution in [2.75, 3.05) is 80.7 Å². The number of ether oxygens (including phenoxy) is 2. The molecular weight excluding hydrogens is 938 g/mol. The van der Waals surface area contributed by atoms with Crippen molar-refractivity contribution in [3.05, 3.63) is 59.7 Å². The van der Waals surface area contributed by atoms with Crippen LogP contribution in [0.2, 0.25) is 0 Å². The standard InChI is InChI=1S/C47H78N4O4.2HI/c1-7-50(3,38-42-22-13-15-24-44(42)54-5)36-17-9-11-26-46(52)48-32-28-40(29-33-48)20-19-21-41-30-34-49(35-31-41)47(53)27-12-10-18-37-51(4,8-2)39-43-23-14-16-25-45(43)55-6;;/h13-16,22-25,40-41H,7-12,17-21,26-39H2,1-6H3;2*1H/q+2;;/p-2. The van der Waals surface area contributed by atoms with Gasteiger partial charge in [-0.05, 0) is 114 Å². The van der Waals surface area contributed by atoms with Crippen LogP contribution in [0.3, 0.4) is 0 Å². The summed E-state index contributed by atoms with van der Waals surface area (Å²) in [5.41, 5.74) is 2.54. The maximum Gasteiger partial charge on any atom is 0.222 e. The van der Waals surface area contributed by atoms with Crippen molar-refractivity contribution in [1.82, 2.24) is 9.80 Å². The Bertz CT molecular complexity index is 1330. The van der Waals surface area contributed by atoms with Crippen molar-refractivity contribution < 1.29 is 76.0 Å². The predicted molar refractivity (Wildman–Crippen MR) is 226 cm³/mol. The van der Waals surface area contributed by atoms with Crippen LogP contribution in [-0.2, 0) is 22.7 Å². The highest BCUT2D eigenvalue weighted by Gasteiger charge is 2.26. The lowest BCUT2D eigenvalue weighted by molar-refractivity contribution is -0.921. The van der Waals surface area contributed by atoms with Gasteiger partial charge in [0.25, 0.3) is 0 Å². The zero-order valence-corrected chi connectivity index (χ0v) is 40.9. The van der Waals surface area contributed by atoms with Gasteiger partial charge in [-0.1, -0.05) is 43.5 Å². The van der Waals surface area contributed by atoms with E-state index in [4.69, 9.17) is 9.47 Å². The summed E-state index contributed by atoms with van der Waals surface area (Å²) in [6.45, 7) is 14.7. The molecule has 0 aromatic heterocycles. The maximum absolute atomic E-state index is 13.0. The first-order valence-corrected chi connectivity index (χ1v) is 22.1. The van der Waals surface area contributed by atoms with Crippen LogP contribution >= 0.6 is 0 Å². The molecule has 0 saturated carbocycles. The summed E-state index contributed by atoms with van der Waals surface area (Å²) in [6.07, 6.45) is 16.4. The molecule has 2 aliphatic heterocycles. The molecule has 2 aliphatic rings. The average molecular weight is 1020 g/mol. The molecule has 2 aromatic rings. The summed E-state index contributed by atoms with van der Waals surface area (Å²) in [6, 6.07) is 16.7. The maximum atomic E-state index is 13.0. The van der Waals surface area contributed by atoms with Crippen molar-refractivity contribution in [2.45, 2.75) is 123 Å². The molecule has 2 heterocycles. The van der Waals surface area contributed by atoms with Crippen LogP contribution in [0, 0.1) is 11.8 Å². The van der Waals surface area contributed by atoms with Gasteiger partial charge in [-0.25, -0.2) is 0 Å². The topological polar surface area (TPSA) is 59.1 Å². The first-order valence-electron chi connectivity index (χ1n) is 22.1. The van der Waals surface area contributed by atoms with Crippen LogP contribution < -0.4 is 57.4 Å². The molecule has 324 valence electrons. The van der Waals surface area contributed by atoms with Crippen LogP contribution in [-0.4, -0.2) is 111 Å². The van der Waals surface area contributed by atoms with Gasteiger partial charge in [0, 0.05) is 50.1 Å². The van der Waals surface area contributed by atoms with Crippen LogP contribution in [0.1, 0.15) is 121 Å². The predicted octanol–water partition coefficient (Wildman–Crippen LogP) is 3.11. The lowest BCUT2D eigenvalue weighted by Gasteiger charge is -2.34.